The van der Waals surface area contributed by atoms with Crippen molar-refractivity contribution < 1.29 is 9.18 Å². The van der Waals surface area contributed by atoms with Gasteiger partial charge in [0.1, 0.15) is 5.82 Å². The van der Waals surface area contributed by atoms with Crippen LogP contribution < -0.4 is 10.2 Å². The number of carbonyl (C=O) groups excluding carboxylic acids is 1. The highest BCUT2D eigenvalue weighted by molar-refractivity contribution is 5.95. The summed E-state index contributed by atoms with van der Waals surface area (Å²) in [6.45, 7) is 1.42. The average molecular weight is 272 g/mol. The Morgan fingerprint density at radius 3 is 2.25 bits per heavy atom. The number of halogens is 1. The minimum absolute atomic E-state index is 0.157. The number of carbonyl (C=O) groups is 1. The topological polar surface area (TPSA) is 32.3 Å². The van der Waals surface area contributed by atoms with Crippen LogP contribution in [0.4, 0.5) is 21.5 Å². The Bertz CT molecular complexity index is 621. The third-order valence-electron chi connectivity index (χ3n) is 2.98. The van der Waals surface area contributed by atoms with Gasteiger partial charge in [0, 0.05) is 36.7 Å². The molecule has 0 radical (unpaired) electrons. The number of anilines is 3. The second-order valence-electron chi connectivity index (χ2n) is 4.85. The maximum atomic E-state index is 13.5. The van der Waals surface area contributed by atoms with E-state index in [1.165, 1.54) is 19.1 Å². The summed E-state index contributed by atoms with van der Waals surface area (Å²) in [5.74, 6) is -0.583. The van der Waals surface area contributed by atoms with Crippen LogP contribution in [0, 0.1) is 5.82 Å². The maximum absolute atomic E-state index is 13.5. The van der Waals surface area contributed by atoms with Crippen LogP contribution in [0.25, 0.3) is 0 Å². The van der Waals surface area contributed by atoms with E-state index in [0.717, 1.165) is 11.4 Å². The molecular weight excluding hydrogens is 255 g/mol. The molecular formula is C16H17FN2O. The number of hydrogen-bond acceptors (Lipinski definition) is 3. The fourth-order valence-corrected chi connectivity index (χ4v) is 1.87. The van der Waals surface area contributed by atoms with E-state index in [1.54, 1.807) is 6.07 Å². The third kappa shape index (κ3) is 3.35. The molecule has 0 aliphatic carbocycles. The van der Waals surface area contributed by atoms with Crippen LogP contribution in [0.15, 0.2) is 42.5 Å². The van der Waals surface area contributed by atoms with E-state index < -0.39 is 5.82 Å². The smallest absolute Gasteiger partial charge is 0.159 e. The minimum atomic E-state index is -0.426. The summed E-state index contributed by atoms with van der Waals surface area (Å²) < 4.78 is 13.5. The van der Waals surface area contributed by atoms with E-state index >= 15 is 0 Å². The summed E-state index contributed by atoms with van der Waals surface area (Å²) in [6, 6.07) is 12.0. The van der Waals surface area contributed by atoms with Gasteiger partial charge in [-0.15, -0.1) is 0 Å². The molecule has 0 saturated heterocycles. The molecule has 0 bridgehead atoms. The monoisotopic (exact) mass is 272 g/mol. The Balaban J connectivity index is 2.23. The van der Waals surface area contributed by atoms with Gasteiger partial charge in [-0.25, -0.2) is 4.39 Å². The number of ketones is 1. The third-order valence-corrected chi connectivity index (χ3v) is 2.98. The van der Waals surface area contributed by atoms with Crippen LogP contribution in [-0.2, 0) is 0 Å². The molecule has 0 heterocycles. The van der Waals surface area contributed by atoms with E-state index in [2.05, 4.69) is 5.32 Å². The normalized spacial score (nSPS) is 10.2. The van der Waals surface area contributed by atoms with Gasteiger partial charge in [-0.05, 0) is 49.4 Å². The van der Waals surface area contributed by atoms with Gasteiger partial charge in [-0.3, -0.25) is 4.79 Å². The molecule has 0 unspecified atom stereocenters. The van der Waals surface area contributed by atoms with E-state index in [-0.39, 0.29) is 5.78 Å². The van der Waals surface area contributed by atoms with Gasteiger partial charge in [0.25, 0.3) is 0 Å². The Morgan fingerprint density at radius 2 is 1.70 bits per heavy atom. The number of nitrogens with one attached hydrogen (secondary N) is 1. The van der Waals surface area contributed by atoms with Crippen LogP contribution >= 0.6 is 0 Å². The minimum Gasteiger partial charge on any atom is -0.378 e. The first-order valence-corrected chi connectivity index (χ1v) is 6.31. The van der Waals surface area contributed by atoms with E-state index in [1.807, 2.05) is 43.3 Å². The van der Waals surface area contributed by atoms with E-state index in [9.17, 15) is 9.18 Å². The van der Waals surface area contributed by atoms with Gasteiger partial charge >= 0.3 is 0 Å². The number of nitrogens with zero attached hydrogens (tertiary/aromatic N) is 1. The molecule has 2 rings (SSSR count). The largest absolute Gasteiger partial charge is 0.378 e. The number of benzene rings is 2. The highest BCUT2D eigenvalue weighted by Crippen LogP contribution is 2.22. The Hall–Kier alpha value is -2.36. The van der Waals surface area contributed by atoms with Crippen LogP contribution in [0.5, 0.6) is 0 Å². The van der Waals surface area contributed by atoms with E-state index in [4.69, 9.17) is 0 Å². The van der Waals surface area contributed by atoms with Gasteiger partial charge in [-0.1, -0.05) is 0 Å². The second-order valence-corrected chi connectivity index (χ2v) is 4.85. The summed E-state index contributed by atoms with van der Waals surface area (Å²) in [5.41, 5.74) is 2.85. The fourth-order valence-electron chi connectivity index (χ4n) is 1.87. The molecule has 20 heavy (non-hydrogen) atoms. The van der Waals surface area contributed by atoms with Crippen molar-refractivity contribution in [3.8, 4) is 0 Å². The Labute approximate surface area is 118 Å². The molecule has 0 aliphatic rings. The lowest BCUT2D eigenvalue weighted by Gasteiger charge is -2.13. The van der Waals surface area contributed by atoms with Crippen molar-refractivity contribution >= 4 is 22.8 Å². The summed E-state index contributed by atoms with van der Waals surface area (Å²) in [7, 11) is 3.93. The van der Waals surface area contributed by atoms with Crippen molar-refractivity contribution in [1.29, 1.82) is 0 Å². The zero-order chi connectivity index (χ0) is 14.7. The van der Waals surface area contributed by atoms with Crippen LogP contribution in [0.3, 0.4) is 0 Å². The van der Waals surface area contributed by atoms with Crippen molar-refractivity contribution in [3.63, 3.8) is 0 Å². The SMILES string of the molecule is CC(=O)c1cc(F)cc(Nc2ccc(N(C)C)cc2)c1. The van der Waals surface area contributed by atoms with Crippen LogP contribution in [0.1, 0.15) is 17.3 Å². The molecule has 2 aromatic carbocycles. The van der Waals surface area contributed by atoms with Crippen molar-refractivity contribution in [2.45, 2.75) is 6.92 Å². The van der Waals surface area contributed by atoms with Gasteiger partial charge in [0.15, 0.2) is 5.78 Å². The quantitative estimate of drug-likeness (QED) is 0.858. The van der Waals surface area contributed by atoms with Crippen LogP contribution in [0.2, 0.25) is 0 Å². The van der Waals surface area contributed by atoms with Crippen molar-refractivity contribution in [2.75, 3.05) is 24.3 Å². The first kappa shape index (κ1) is 14.1. The first-order valence-electron chi connectivity index (χ1n) is 6.31. The highest BCUT2D eigenvalue weighted by Gasteiger charge is 2.05. The summed E-state index contributed by atoms with van der Waals surface area (Å²) >= 11 is 0. The predicted octanol–water partition coefficient (Wildman–Crippen LogP) is 3.84. The maximum Gasteiger partial charge on any atom is 0.159 e. The van der Waals surface area contributed by atoms with Gasteiger partial charge in [-0.2, -0.15) is 0 Å². The standard InChI is InChI=1S/C16H17FN2O/c1-11(20)12-8-13(17)10-15(9-12)18-14-4-6-16(7-5-14)19(2)3/h4-10,18H,1-3H3. The molecule has 0 saturated carbocycles. The Kier molecular flexibility index (Phi) is 4.03. The lowest BCUT2D eigenvalue weighted by molar-refractivity contribution is 0.101. The zero-order valence-electron chi connectivity index (χ0n) is 11.8. The molecule has 0 aromatic heterocycles. The van der Waals surface area contributed by atoms with Crippen molar-refractivity contribution in [2.24, 2.45) is 0 Å². The molecule has 0 fully saturated rings. The van der Waals surface area contributed by atoms with Crippen molar-refractivity contribution in [3.05, 3.63) is 53.8 Å². The number of rotatable bonds is 4. The summed E-state index contributed by atoms with van der Waals surface area (Å²) in [4.78, 5) is 13.3. The molecule has 0 atom stereocenters. The molecule has 0 aliphatic heterocycles. The van der Waals surface area contributed by atoms with Gasteiger partial charge in [0.2, 0.25) is 0 Å². The predicted molar refractivity (Wildman–Crippen MR) is 80.5 cm³/mol. The van der Waals surface area contributed by atoms with E-state index in [0.29, 0.717) is 11.3 Å². The van der Waals surface area contributed by atoms with Gasteiger partial charge < -0.3 is 10.2 Å². The number of Topliss-reactive ketones (excluding diaryl/α,β-unsaturated/α-hetero) is 1. The molecule has 2 aromatic rings. The fraction of sp³-hybridized carbons (Fsp3) is 0.188. The molecule has 0 spiro atoms. The van der Waals surface area contributed by atoms with Gasteiger partial charge in [0.05, 0.1) is 0 Å². The first-order chi connectivity index (χ1) is 9.45. The molecule has 0 amide bonds. The van der Waals surface area contributed by atoms with Crippen molar-refractivity contribution in [1.82, 2.24) is 0 Å². The zero-order valence-corrected chi connectivity index (χ0v) is 11.8. The Morgan fingerprint density at radius 1 is 1.05 bits per heavy atom. The second kappa shape index (κ2) is 5.74. The summed E-state index contributed by atoms with van der Waals surface area (Å²) in [6.07, 6.45) is 0. The lowest BCUT2D eigenvalue weighted by Crippen LogP contribution is -2.08. The number of hydrogen-bond donors (Lipinski definition) is 1. The molecule has 104 valence electrons. The average Bonchev–Trinajstić information content (AvgIpc) is 2.38. The lowest BCUT2D eigenvalue weighted by atomic mass is 10.1. The molecule has 4 heteroatoms. The van der Waals surface area contributed by atoms with Crippen LogP contribution in [-0.4, -0.2) is 19.9 Å². The molecule has 3 nitrogen and oxygen atoms in total. The summed E-state index contributed by atoms with van der Waals surface area (Å²) in [5, 5.41) is 3.10. The molecule has 1 N–H and O–H groups in total. The highest BCUT2D eigenvalue weighted by atomic mass is 19.1.